The SMILES string of the molecule is COc1ccccc1NC(=O)C1=C(C)Nc2c(C(=O)Nc3ccc(F)cc3)cnn2C1c1ccc(C)cc1. The fraction of sp³-hybridized carbons (Fsp3) is 0.138. The number of amides is 2. The number of allylic oxidation sites excluding steroid dienone is 1. The molecule has 2 heterocycles. The summed E-state index contributed by atoms with van der Waals surface area (Å²) in [5.41, 5.74) is 4.20. The van der Waals surface area contributed by atoms with Crippen molar-refractivity contribution in [2.24, 2.45) is 0 Å². The molecule has 0 saturated carbocycles. The normalized spacial score (nSPS) is 14.4. The maximum absolute atomic E-state index is 13.7. The van der Waals surface area contributed by atoms with Crippen molar-refractivity contribution in [2.75, 3.05) is 23.1 Å². The summed E-state index contributed by atoms with van der Waals surface area (Å²) < 4.78 is 20.3. The molecule has 38 heavy (non-hydrogen) atoms. The molecule has 0 spiro atoms. The molecule has 192 valence electrons. The summed E-state index contributed by atoms with van der Waals surface area (Å²) in [6.45, 7) is 3.77. The summed E-state index contributed by atoms with van der Waals surface area (Å²) in [7, 11) is 1.54. The number of hydrogen-bond acceptors (Lipinski definition) is 5. The van der Waals surface area contributed by atoms with Crippen LogP contribution < -0.4 is 20.7 Å². The lowest BCUT2D eigenvalue weighted by atomic mass is 9.94. The molecule has 0 saturated heterocycles. The Morgan fingerprint density at radius 1 is 0.947 bits per heavy atom. The van der Waals surface area contributed by atoms with E-state index in [4.69, 9.17) is 4.74 Å². The summed E-state index contributed by atoms with van der Waals surface area (Å²) in [5, 5.41) is 13.5. The number of para-hydroxylation sites is 2. The zero-order chi connectivity index (χ0) is 26.8. The molecule has 2 amide bonds. The van der Waals surface area contributed by atoms with Gasteiger partial charge in [-0.3, -0.25) is 9.59 Å². The fourth-order valence-electron chi connectivity index (χ4n) is 4.44. The first kappa shape index (κ1) is 24.8. The molecular weight excluding hydrogens is 485 g/mol. The number of carbonyl (C=O) groups excluding carboxylic acids is 2. The highest BCUT2D eigenvalue weighted by Gasteiger charge is 2.35. The Hall–Kier alpha value is -4.92. The van der Waals surface area contributed by atoms with Crippen LogP contribution in [0.5, 0.6) is 5.75 Å². The van der Waals surface area contributed by atoms with E-state index in [1.807, 2.05) is 43.3 Å². The summed E-state index contributed by atoms with van der Waals surface area (Å²) in [6.07, 6.45) is 1.46. The van der Waals surface area contributed by atoms with Gasteiger partial charge in [0, 0.05) is 11.4 Å². The van der Waals surface area contributed by atoms with Crippen LogP contribution in [0.2, 0.25) is 0 Å². The number of nitrogens with one attached hydrogen (secondary N) is 3. The van der Waals surface area contributed by atoms with Crippen LogP contribution in [0.4, 0.5) is 21.6 Å². The van der Waals surface area contributed by atoms with Gasteiger partial charge in [-0.25, -0.2) is 9.07 Å². The highest BCUT2D eigenvalue weighted by Crippen LogP contribution is 2.38. The zero-order valence-electron chi connectivity index (χ0n) is 21.1. The van der Waals surface area contributed by atoms with Gasteiger partial charge in [-0.2, -0.15) is 5.10 Å². The van der Waals surface area contributed by atoms with Crippen molar-refractivity contribution in [3.05, 3.63) is 113 Å². The van der Waals surface area contributed by atoms with Crippen LogP contribution >= 0.6 is 0 Å². The van der Waals surface area contributed by atoms with Crippen molar-refractivity contribution in [3.63, 3.8) is 0 Å². The van der Waals surface area contributed by atoms with Crippen LogP contribution in [0.25, 0.3) is 0 Å². The van der Waals surface area contributed by atoms with E-state index in [1.165, 1.54) is 30.5 Å². The number of hydrogen-bond donors (Lipinski definition) is 3. The van der Waals surface area contributed by atoms with E-state index in [9.17, 15) is 14.0 Å². The van der Waals surface area contributed by atoms with Crippen molar-refractivity contribution in [2.45, 2.75) is 19.9 Å². The van der Waals surface area contributed by atoms with Crippen LogP contribution in [0.3, 0.4) is 0 Å². The molecule has 1 atom stereocenters. The van der Waals surface area contributed by atoms with Gasteiger partial charge in [-0.05, 0) is 55.8 Å². The third kappa shape index (κ3) is 4.73. The second-order valence-corrected chi connectivity index (χ2v) is 8.94. The third-order valence-electron chi connectivity index (χ3n) is 6.36. The number of anilines is 3. The monoisotopic (exact) mass is 511 g/mol. The first-order valence-electron chi connectivity index (χ1n) is 12.0. The van der Waals surface area contributed by atoms with Gasteiger partial charge in [0.1, 0.15) is 29.0 Å². The average Bonchev–Trinajstić information content (AvgIpc) is 3.33. The van der Waals surface area contributed by atoms with E-state index in [0.29, 0.717) is 34.2 Å². The molecule has 0 bridgehead atoms. The first-order chi connectivity index (χ1) is 18.4. The molecule has 1 aliphatic heterocycles. The second-order valence-electron chi connectivity index (χ2n) is 8.94. The standard InChI is InChI=1S/C29H26FN5O3/c1-17-8-10-19(11-9-17)26-25(29(37)34-23-6-4-5-7-24(23)38-3)18(2)32-27-22(16-31-35(26)27)28(36)33-21-14-12-20(30)13-15-21/h4-16,26,32H,1-3H3,(H,33,36)(H,34,37). The lowest BCUT2D eigenvalue weighted by Crippen LogP contribution is -2.32. The summed E-state index contributed by atoms with van der Waals surface area (Å²) in [5.74, 6) is -0.157. The van der Waals surface area contributed by atoms with E-state index in [-0.39, 0.29) is 11.5 Å². The quantitative estimate of drug-likeness (QED) is 0.317. The maximum atomic E-state index is 13.7. The van der Waals surface area contributed by atoms with Crippen molar-refractivity contribution >= 4 is 29.0 Å². The molecule has 0 radical (unpaired) electrons. The number of ether oxygens (including phenoxy) is 1. The van der Waals surface area contributed by atoms with Crippen molar-refractivity contribution in [3.8, 4) is 5.75 Å². The molecule has 0 aliphatic carbocycles. The van der Waals surface area contributed by atoms with E-state index < -0.39 is 17.8 Å². The molecular formula is C29H26FN5O3. The van der Waals surface area contributed by atoms with Crippen LogP contribution in [-0.2, 0) is 4.79 Å². The highest BCUT2D eigenvalue weighted by molar-refractivity contribution is 6.09. The first-order valence-corrected chi connectivity index (χ1v) is 12.0. The topological polar surface area (TPSA) is 97.3 Å². The molecule has 1 aliphatic rings. The van der Waals surface area contributed by atoms with E-state index in [1.54, 1.807) is 30.8 Å². The fourth-order valence-corrected chi connectivity index (χ4v) is 4.44. The number of aromatic nitrogens is 2. The van der Waals surface area contributed by atoms with Gasteiger partial charge < -0.3 is 20.7 Å². The molecule has 5 rings (SSSR count). The van der Waals surface area contributed by atoms with Gasteiger partial charge >= 0.3 is 0 Å². The summed E-state index contributed by atoms with van der Waals surface area (Å²) in [6, 6.07) is 19.9. The Morgan fingerprint density at radius 2 is 1.66 bits per heavy atom. The molecule has 0 fully saturated rings. The predicted molar refractivity (Wildman–Crippen MR) is 144 cm³/mol. The van der Waals surface area contributed by atoms with Gasteiger partial charge in [0.2, 0.25) is 0 Å². The minimum atomic E-state index is -0.603. The van der Waals surface area contributed by atoms with Crippen LogP contribution in [0.15, 0.2) is 90.3 Å². The number of fused-ring (bicyclic) bond motifs is 1. The summed E-state index contributed by atoms with van der Waals surface area (Å²) in [4.78, 5) is 26.8. The highest BCUT2D eigenvalue weighted by atomic mass is 19.1. The Labute approximate surface area is 219 Å². The summed E-state index contributed by atoms with van der Waals surface area (Å²) >= 11 is 0. The average molecular weight is 512 g/mol. The van der Waals surface area contributed by atoms with Gasteiger partial charge in [0.15, 0.2) is 0 Å². The van der Waals surface area contributed by atoms with Crippen molar-refractivity contribution in [1.82, 2.24) is 9.78 Å². The van der Waals surface area contributed by atoms with E-state index in [0.717, 1.165) is 11.1 Å². The molecule has 3 N–H and O–H groups in total. The molecule has 9 heteroatoms. The van der Waals surface area contributed by atoms with Gasteiger partial charge in [0.05, 0.1) is 24.6 Å². The Kier molecular flexibility index (Phi) is 6.66. The van der Waals surface area contributed by atoms with Crippen molar-refractivity contribution in [1.29, 1.82) is 0 Å². The van der Waals surface area contributed by atoms with Crippen LogP contribution in [0, 0.1) is 12.7 Å². The lowest BCUT2D eigenvalue weighted by molar-refractivity contribution is -0.113. The largest absolute Gasteiger partial charge is 0.495 e. The minimum absolute atomic E-state index is 0.287. The number of rotatable bonds is 6. The second kappa shape index (κ2) is 10.2. The predicted octanol–water partition coefficient (Wildman–Crippen LogP) is 5.52. The van der Waals surface area contributed by atoms with Crippen LogP contribution in [-0.4, -0.2) is 28.7 Å². The molecule has 1 aromatic heterocycles. The van der Waals surface area contributed by atoms with Crippen molar-refractivity contribution < 1.29 is 18.7 Å². The number of halogens is 1. The third-order valence-corrected chi connectivity index (χ3v) is 6.36. The Morgan fingerprint density at radius 3 is 2.37 bits per heavy atom. The lowest BCUT2D eigenvalue weighted by Gasteiger charge is -2.30. The van der Waals surface area contributed by atoms with Gasteiger partial charge in [0.25, 0.3) is 11.8 Å². The van der Waals surface area contributed by atoms with Gasteiger partial charge in [-0.15, -0.1) is 0 Å². The Balaban J connectivity index is 1.54. The smallest absolute Gasteiger partial charge is 0.261 e. The number of carbonyl (C=O) groups is 2. The number of benzene rings is 3. The van der Waals surface area contributed by atoms with Gasteiger partial charge in [-0.1, -0.05) is 42.0 Å². The van der Waals surface area contributed by atoms with E-state index in [2.05, 4.69) is 21.0 Å². The maximum Gasteiger partial charge on any atom is 0.261 e. The number of methoxy groups -OCH3 is 1. The molecule has 8 nitrogen and oxygen atoms in total. The zero-order valence-corrected chi connectivity index (χ0v) is 21.1. The number of nitrogens with zero attached hydrogens (tertiary/aromatic N) is 2. The minimum Gasteiger partial charge on any atom is -0.495 e. The molecule has 4 aromatic rings. The number of aryl methyl sites for hydroxylation is 1. The Bertz CT molecular complexity index is 1540. The van der Waals surface area contributed by atoms with E-state index >= 15 is 0 Å². The molecule has 3 aromatic carbocycles. The molecule has 1 unspecified atom stereocenters. The van der Waals surface area contributed by atoms with Crippen LogP contribution in [0.1, 0.15) is 34.5 Å².